The Labute approximate surface area is 116 Å². The number of hydrogen-bond acceptors (Lipinski definition) is 0. The quantitative estimate of drug-likeness (QED) is 0.465. The SMILES string of the molecule is C=CCCCCc1ccc(-c2ccc(C)cc2)cc1. The van der Waals surface area contributed by atoms with Crippen LogP contribution in [0, 0.1) is 6.92 Å². The van der Waals surface area contributed by atoms with E-state index in [1.807, 2.05) is 6.08 Å². The third-order valence-corrected chi connectivity index (χ3v) is 3.46. The summed E-state index contributed by atoms with van der Waals surface area (Å²) in [7, 11) is 0. The molecule has 98 valence electrons. The minimum atomic E-state index is 1.13. The van der Waals surface area contributed by atoms with Gasteiger partial charge in [-0.2, -0.15) is 0 Å². The summed E-state index contributed by atoms with van der Waals surface area (Å²) in [5, 5.41) is 0. The summed E-state index contributed by atoms with van der Waals surface area (Å²) in [6, 6.07) is 17.7. The summed E-state index contributed by atoms with van der Waals surface area (Å²) in [5.74, 6) is 0. The second-order valence-corrected chi connectivity index (χ2v) is 5.10. The molecule has 2 aromatic rings. The van der Waals surface area contributed by atoms with Crippen LogP contribution in [-0.2, 0) is 6.42 Å². The molecule has 0 fully saturated rings. The average molecular weight is 250 g/mol. The fourth-order valence-corrected chi connectivity index (χ4v) is 2.23. The topological polar surface area (TPSA) is 0 Å². The number of allylic oxidation sites excluding steroid dienone is 1. The van der Waals surface area contributed by atoms with Crippen molar-refractivity contribution in [2.45, 2.75) is 32.6 Å². The predicted molar refractivity (Wildman–Crippen MR) is 84.4 cm³/mol. The lowest BCUT2D eigenvalue weighted by Crippen LogP contribution is -1.86. The van der Waals surface area contributed by atoms with Crippen LogP contribution in [0.2, 0.25) is 0 Å². The molecule has 2 rings (SSSR count). The van der Waals surface area contributed by atoms with Gasteiger partial charge in [-0.05, 0) is 49.3 Å². The molecule has 0 nitrogen and oxygen atoms in total. The molecule has 0 N–H and O–H groups in total. The number of aryl methyl sites for hydroxylation is 2. The Morgan fingerprint density at radius 3 is 2.00 bits per heavy atom. The lowest BCUT2D eigenvalue weighted by atomic mass is 10.0. The van der Waals surface area contributed by atoms with Gasteiger partial charge in [-0.25, -0.2) is 0 Å². The maximum absolute atomic E-state index is 3.76. The monoisotopic (exact) mass is 250 g/mol. The van der Waals surface area contributed by atoms with Crippen LogP contribution < -0.4 is 0 Å². The Morgan fingerprint density at radius 1 is 0.842 bits per heavy atom. The van der Waals surface area contributed by atoms with E-state index >= 15 is 0 Å². The van der Waals surface area contributed by atoms with E-state index in [-0.39, 0.29) is 0 Å². The zero-order valence-electron chi connectivity index (χ0n) is 11.7. The van der Waals surface area contributed by atoms with Gasteiger partial charge in [0.25, 0.3) is 0 Å². The highest BCUT2D eigenvalue weighted by atomic mass is 14.0. The van der Waals surface area contributed by atoms with Gasteiger partial charge in [-0.1, -0.05) is 60.2 Å². The summed E-state index contributed by atoms with van der Waals surface area (Å²) < 4.78 is 0. The average Bonchev–Trinajstić information content (AvgIpc) is 2.45. The standard InChI is InChI=1S/C19H22/c1-3-4-5-6-7-17-10-14-19(15-11-17)18-12-8-16(2)9-13-18/h3,8-15H,1,4-7H2,2H3. The normalized spacial score (nSPS) is 10.4. The summed E-state index contributed by atoms with van der Waals surface area (Å²) in [6.07, 6.45) is 6.78. The van der Waals surface area contributed by atoms with Crippen LogP contribution in [0.25, 0.3) is 11.1 Å². The van der Waals surface area contributed by atoms with Gasteiger partial charge < -0.3 is 0 Å². The van der Waals surface area contributed by atoms with Gasteiger partial charge in [0.05, 0.1) is 0 Å². The van der Waals surface area contributed by atoms with E-state index in [0.29, 0.717) is 0 Å². The lowest BCUT2D eigenvalue weighted by Gasteiger charge is -2.05. The van der Waals surface area contributed by atoms with Crippen molar-refractivity contribution in [2.75, 3.05) is 0 Å². The molecule has 0 radical (unpaired) electrons. The van der Waals surface area contributed by atoms with Crippen molar-refractivity contribution in [1.29, 1.82) is 0 Å². The zero-order chi connectivity index (χ0) is 13.5. The first-order valence-corrected chi connectivity index (χ1v) is 7.06. The Hall–Kier alpha value is -1.82. The molecular formula is C19H22. The van der Waals surface area contributed by atoms with Gasteiger partial charge in [0, 0.05) is 0 Å². The molecule has 0 heteroatoms. The van der Waals surface area contributed by atoms with E-state index in [9.17, 15) is 0 Å². The molecule has 2 aromatic carbocycles. The van der Waals surface area contributed by atoms with Gasteiger partial charge >= 0.3 is 0 Å². The Morgan fingerprint density at radius 2 is 1.42 bits per heavy atom. The van der Waals surface area contributed by atoms with Crippen molar-refractivity contribution in [1.82, 2.24) is 0 Å². The van der Waals surface area contributed by atoms with Crippen molar-refractivity contribution in [3.05, 3.63) is 72.3 Å². The molecule has 0 amide bonds. The molecule has 0 spiro atoms. The fraction of sp³-hybridized carbons (Fsp3) is 0.263. The van der Waals surface area contributed by atoms with Crippen molar-refractivity contribution >= 4 is 0 Å². The zero-order valence-corrected chi connectivity index (χ0v) is 11.7. The molecule has 0 unspecified atom stereocenters. The van der Waals surface area contributed by atoms with Gasteiger partial charge in [0.2, 0.25) is 0 Å². The second kappa shape index (κ2) is 6.94. The second-order valence-electron chi connectivity index (χ2n) is 5.10. The number of hydrogen-bond donors (Lipinski definition) is 0. The Kier molecular flexibility index (Phi) is 4.97. The number of rotatable bonds is 6. The van der Waals surface area contributed by atoms with E-state index in [1.165, 1.54) is 41.5 Å². The first kappa shape index (κ1) is 13.6. The summed E-state index contributed by atoms with van der Waals surface area (Å²) in [6.45, 7) is 5.88. The highest BCUT2D eigenvalue weighted by molar-refractivity contribution is 5.63. The van der Waals surface area contributed by atoms with Crippen LogP contribution in [0.15, 0.2) is 61.2 Å². The van der Waals surface area contributed by atoms with Crippen molar-refractivity contribution in [3.8, 4) is 11.1 Å². The third-order valence-electron chi connectivity index (χ3n) is 3.46. The van der Waals surface area contributed by atoms with Gasteiger partial charge in [0.15, 0.2) is 0 Å². The molecule has 0 saturated heterocycles. The first-order valence-electron chi connectivity index (χ1n) is 7.06. The number of benzene rings is 2. The van der Waals surface area contributed by atoms with Crippen LogP contribution in [0.4, 0.5) is 0 Å². The van der Waals surface area contributed by atoms with Crippen LogP contribution in [0.1, 0.15) is 30.4 Å². The van der Waals surface area contributed by atoms with Gasteiger partial charge in [-0.15, -0.1) is 6.58 Å². The van der Waals surface area contributed by atoms with Crippen molar-refractivity contribution in [2.24, 2.45) is 0 Å². The van der Waals surface area contributed by atoms with Crippen LogP contribution in [0.5, 0.6) is 0 Å². The van der Waals surface area contributed by atoms with Crippen LogP contribution in [-0.4, -0.2) is 0 Å². The van der Waals surface area contributed by atoms with Crippen molar-refractivity contribution in [3.63, 3.8) is 0 Å². The lowest BCUT2D eigenvalue weighted by molar-refractivity contribution is 0.748. The molecule has 0 aliphatic heterocycles. The Bertz CT molecular complexity index is 503. The maximum atomic E-state index is 3.76. The van der Waals surface area contributed by atoms with Gasteiger partial charge in [-0.3, -0.25) is 0 Å². The number of unbranched alkanes of at least 4 members (excludes halogenated alkanes) is 2. The van der Waals surface area contributed by atoms with Gasteiger partial charge in [0.1, 0.15) is 0 Å². The minimum Gasteiger partial charge on any atom is -0.103 e. The molecular weight excluding hydrogens is 228 g/mol. The summed E-state index contributed by atoms with van der Waals surface area (Å²) in [4.78, 5) is 0. The Balaban J connectivity index is 1.98. The first-order chi connectivity index (χ1) is 9.29. The molecule has 19 heavy (non-hydrogen) atoms. The molecule has 0 aliphatic carbocycles. The molecule has 0 saturated carbocycles. The fourth-order valence-electron chi connectivity index (χ4n) is 2.23. The van der Waals surface area contributed by atoms with E-state index in [1.54, 1.807) is 0 Å². The molecule has 0 heterocycles. The summed E-state index contributed by atoms with van der Waals surface area (Å²) in [5.41, 5.74) is 5.33. The summed E-state index contributed by atoms with van der Waals surface area (Å²) >= 11 is 0. The van der Waals surface area contributed by atoms with Crippen LogP contribution >= 0.6 is 0 Å². The molecule has 0 atom stereocenters. The molecule has 0 bridgehead atoms. The largest absolute Gasteiger partial charge is 0.103 e. The predicted octanol–water partition coefficient (Wildman–Crippen LogP) is 5.56. The van der Waals surface area contributed by atoms with E-state index in [0.717, 1.165) is 6.42 Å². The molecule has 0 aromatic heterocycles. The van der Waals surface area contributed by atoms with E-state index < -0.39 is 0 Å². The maximum Gasteiger partial charge on any atom is -0.0184 e. The third kappa shape index (κ3) is 4.10. The molecule has 0 aliphatic rings. The van der Waals surface area contributed by atoms with Crippen LogP contribution in [0.3, 0.4) is 0 Å². The van der Waals surface area contributed by atoms with E-state index in [2.05, 4.69) is 62.0 Å². The van der Waals surface area contributed by atoms with Crippen molar-refractivity contribution < 1.29 is 0 Å². The highest BCUT2D eigenvalue weighted by Crippen LogP contribution is 2.20. The highest BCUT2D eigenvalue weighted by Gasteiger charge is 1.98. The van der Waals surface area contributed by atoms with E-state index in [4.69, 9.17) is 0 Å². The minimum absolute atomic E-state index is 1.13. The smallest absolute Gasteiger partial charge is 0.0184 e.